The largest absolute Gasteiger partial charge is 0.497 e. The number of anilines is 1. The van der Waals surface area contributed by atoms with Crippen LogP contribution >= 0.6 is 11.6 Å². The lowest BCUT2D eigenvalue weighted by Crippen LogP contribution is -2.49. The summed E-state index contributed by atoms with van der Waals surface area (Å²) in [6.45, 7) is 2.72. The standard InChI is InChI=1S/C28H27ClN4O3/c1-35-24-12-10-22(11-13-24)31-14-16-32(17-15-31)28(34)27-19-26(20-4-3-5-25(18-20)36-2)30-33(27)23-8-6-21(29)7-9-23/h3-13,18-19H,14-17H2,1-2H3. The Balaban J connectivity index is 1.41. The maximum atomic E-state index is 13.7. The van der Waals surface area contributed by atoms with Crippen molar-refractivity contribution in [3.63, 3.8) is 0 Å². The smallest absolute Gasteiger partial charge is 0.272 e. The maximum absolute atomic E-state index is 13.7. The van der Waals surface area contributed by atoms with Gasteiger partial charge < -0.3 is 19.3 Å². The molecule has 2 heterocycles. The summed E-state index contributed by atoms with van der Waals surface area (Å²) < 4.78 is 12.3. The van der Waals surface area contributed by atoms with E-state index in [1.54, 1.807) is 31.0 Å². The Hall–Kier alpha value is -3.97. The molecule has 0 spiro atoms. The van der Waals surface area contributed by atoms with Gasteiger partial charge in [-0.25, -0.2) is 4.68 Å². The number of carbonyl (C=O) groups is 1. The summed E-state index contributed by atoms with van der Waals surface area (Å²) in [5.41, 5.74) is 3.97. The van der Waals surface area contributed by atoms with Crippen LogP contribution in [-0.4, -0.2) is 61.0 Å². The second-order valence-electron chi connectivity index (χ2n) is 8.51. The van der Waals surface area contributed by atoms with Gasteiger partial charge in [0.05, 0.1) is 25.6 Å². The van der Waals surface area contributed by atoms with Gasteiger partial charge >= 0.3 is 0 Å². The molecule has 0 N–H and O–H groups in total. The normalized spacial score (nSPS) is 13.5. The predicted molar refractivity (Wildman–Crippen MR) is 142 cm³/mol. The van der Waals surface area contributed by atoms with Crippen LogP contribution in [0.2, 0.25) is 5.02 Å². The zero-order valence-corrected chi connectivity index (χ0v) is 21.0. The quantitative estimate of drug-likeness (QED) is 0.364. The zero-order valence-electron chi connectivity index (χ0n) is 20.2. The highest BCUT2D eigenvalue weighted by atomic mass is 35.5. The number of aromatic nitrogens is 2. The highest BCUT2D eigenvalue weighted by molar-refractivity contribution is 6.30. The second kappa shape index (κ2) is 10.3. The molecule has 1 aliphatic rings. The number of piperazine rings is 1. The van der Waals surface area contributed by atoms with Crippen molar-refractivity contribution in [1.82, 2.24) is 14.7 Å². The number of nitrogens with zero attached hydrogens (tertiary/aromatic N) is 4. The first-order valence-electron chi connectivity index (χ1n) is 11.7. The number of halogens is 1. The van der Waals surface area contributed by atoms with Crippen molar-refractivity contribution >= 4 is 23.2 Å². The molecule has 1 aliphatic heterocycles. The molecule has 8 heteroatoms. The summed E-state index contributed by atoms with van der Waals surface area (Å²) in [6.07, 6.45) is 0. The van der Waals surface area contributed by atoms with E-state index >= 15 is 0 Å². The van der Waals surface area contributed by atoms with Crippen molar-refractivity contribution in [3.8, 4) is 28.4 Å². The van der Waals surface area contributed by atoms with E-state index in [0.717, 1.165) is 41.5 Å². The van der Waals surface area contributed by atoms with Gasteiger partial charge in [-0.05, 0) is 66.7 Å². The molecule has 0 radical (unpaired) electrons. The third kappa shape index (κ3) is 4.88. The number of amides is 1. The van der Waals surface area contributed by atoms with Crippen molar-refractivity contribution in [2.75, 3.05) is 45.3 Å². The minimum atomic E-state index is -0.0547. The molecule has 4 aromatic rings. The average molecular weight is 503 g/mol. The zero-order chi connectivity index (χ0) is 25.1. The Labute approximate surface area is 215 Å². The number of hydrogen-bond acceptors (Lipinski definition) is 5. The van der Waals surface area contributed by atoms with Gasteiger partial charge in [-0.2, -0.15) is 5.10 Å². The molecule has 184 valence electrons. The Bertz CT molecular complexity index is 1340. The van der Waals surface area contributed by atoms with E-state index in [1.165, 1.54) is 0 Å². The molecule has 0 bridgehead atoms. The van der Waals surface area contributed by atoms with Crippen LogP contribution < -0.4 is 14.4 Å². The van der Waals surface area contributed by atoms with E-state index in [1.807, 2.05) is 71.6 Å². The fraction of sp³-hybridized carbons (Fsp3) is 0.214. The highest BCUT2D eigenvalue weighted by Crippen LogP contribution is 2.27. The van der Waals surface area contributed by atoms with Crippen LogP contribution in [0, 0.1) is 0 Å². The van der Waals surface area contributed by atoms with Gasteiger partial charge in [0.25, 0.3) is 5.91 Å². The monoisotopic (exact) mass is 502 g/mol. The minimum Gasteiger partial charge on any atom is -0.497 e. The molecule has 1 amide bonds. The van der Waals surface area contributed by atoms with Gasteiger partial charge in [-0.15, -0.1) is 0 Å². The minimum absolute atomic E-state index is 0.0547. The second-order valence-corrected chi connectivity index (χ2v) is 8.95. The molecule has 36 heavy (non-hydrogen) atoms. The van der Waals surface area contributed by atoms with Crippen LogP contribution in [0.25, 0.3) is 16.9 Å². The van der Waals surface area contributed by atoms with E-state index in [4.69, 9.17) is 26.2 Å². The first-order chi connectivity index (χ1) is 17.6. The summed E-state index contributed by atoms with van der Waals surface area (Å²) in [7, 11) is 3.29. The molecular weight excluding hydrogens is 476 g/mol. The summed E-state index contributed by atoms with van der Waals surface area (Å²) in [4.78, 5) is 17.9. The first kappa shape index (κ1) is 23.8. The molecular formula is C28H27ClN4O3. The van der Waals surface area contributed by atoms with Crippen molar-refractivity contribution < 1.29 is 14.3 Å². The van der Waals surface area contributed by atoms with E-state index in [0.29, 0.717) is 29.5 Å². The Morgan fingerprint density at radius 1 is 0.806 bits per heavy atom. The maximum Gasteiger partial charge on any atom is 0.272 e. The van der Waals surface area contributed by atoms with E-state index < -0.39 is 0 Å². The summed E-state index contributed by atoms with van der Waals surface area (Å²) in [6, 6.07) is 24.8. The SMILES string of the molecule is COc1ccc(N2CCN(C(=O)c3cc(-c4cccc(OC)c4)nn3-c3ccc(Cl)cc3)CC2)cc1. The molecule has 0 atom stereocenters. The van der Waals surface area contributed by atoms with Gasteiger partial charge in [0.15, 0.2) is 0 Å². The average Bonchev–Trinajstić information content (AvgIpc) is 3.39. The van der Waals surface area contributed by atoms with Crippen LogP contribution in [0.15, 0.2) is 78.9 Å². The number of benzene rings is 3. The lowest BCUT2D eigenvalue weighted by atomic mass is 10.1. The van der Waals surface area contributed by atoms with Crippen molar-refractivity contribution in [3.05, 3.63) is 89.6 Å². The molecule has 0 aliphatic carbocycles. The van der Waals surface area contributed by atoms with Gasteiger partial charge in [-0.1, -0.05) is 23.7 Å². The van der Waals surface area contributed by atoms with Gasteiger partial charge in [-0.3, -0.25) is 4.79 Å². The van der Waals surface area contributed by atoms with Crippen LogP contribution in [0.5, 0.6) is 11.5 Å². The number of methoxy groups -OCH3 is 2. The van der Waals surface area contributed by atoms with Crippen LogP contribution in [0.1, 0.15) is 10.5 Å². The third-order valence-electron chi connectivity index (χ3n) is 6.37. The van der Waals surface area contributed by atoms with Crippen molar-refractivity contribution in [1.29, 1.82) is 0 Å². The predicted octanol–water partition coefficient (Wildman–Crippen LogP) is 5.17. The number of hydrogen-bond donors (Lipinski definition) is 0. The highest BCUT2D eigenvalue weighted by Gasteiger charge is 2.26. The molecule has 1 saturated heterocycles. The van der Waals surface area contributed by atoms with Crippen LogP contribution in [-0.2, 0) is 0 Å². The van der Waals surface area contributed by atoms with E-state index in [-0.39, 0.29) is 5.91 Å². The Kier molecular flexibility index (Phi) is 6.82. The lowest BCUT2D eigenvalue weighted by molar-refractivity contribution is 0.0737. The molecule has 7 nitrogen and oxygen atoms in total. The van der Waals surface area contributed by atoms with E-state index in [9.17, 15) is 4.79 Å². The van der Waals surface area contributed by atoms with E-state index in [2.05, 4.69) is 4.90 Å². The fourth-order valence-electron chi connectivity index (χ4n) is 4.36. The molecule has 3 aromatic carbocycles. The van der Waals surface area contributed by atoms with Gasteiger partial charge in [0.1, 0.15) is 17.2 Å². The van der Waals surface area contributed by atoms with Crippen LogP contribution in [0.3, 0.4) is 0 Å². The third-order valence-corrected chi connectivity index (χ3v) is 6.62. The van der Waals surface area contributed by atoms with Gasteiger partial charge in [0, 0.05) is 42.5 Å². The first-order valence-corrected chi connectivity index (χ1v) is 12.1. The number of ether oxygens (including phenoxy) is 2. The number of carbonyl (C=O) groups excluding carboxylic acids is 1. The van der Waals surface area contributed by atoms with Gasteiger partial charge in [0.2, 0.25) is 0 Å². The molecule has 0 saturated carbocycles. The topological polar surface area (TPSA) is 59.8 Å². The molecule has 1 aromatic heterocycles. The molecule has 1 fully saturated rings. The summed E-state index contributed by atoms with van der Waals surface area (Å²) in [5.74, 6) is 1.51. The fourth-order valence-corrected chi connectivity index (χ4v) is 4.48. The van der Waals surface area contributed by atoms with Crippen LogP contribution in [0.4, 0.5) is 5.69 Å². The summed E-state index contributed by atoms with van der Waals surface area (Å²) in [5, 5.41) is 5.43. The summed E-state index contributed by atoms with van der Waals surface area (Å²) >= 11 is 6.11. The van der Waals surface area contributed by atoms with Crippen molar-refractivity contribution in [2.24, 2.45) is 0 Å². The van der Waals surface area contributed by atoms with Crippen molar-refractivity contribution in [2.45, 2.75) is 0 Å². The molecule has 5 rings (SSSR count). The molecule has 0 unspecified atom stereocenters. The lowest BCUT2D eigenvalue weighted by Gasteiger charge is -2.36. The number of rotatable bonds is 6. The Morgan fingerprint density at radius 3 is 2.14 bits per heavy atom. The Morgan fingerprint density at radius 2 is 1.47 bits per heavy atom.